The Morgan fingerprint density at radius 3 is 2.04 bits per heavy atom. The minimum atomic E-state index is -0.477. The van der Waals surface area contributed by atoms with Crippen LogP contribution in [0.4, 0.5) is 0 Å². The Hall–Kier alpha value is -2.62. The molecule has 0 heterocycles. The average molecular weight is 312 g/mol. The highest BCUT2D eigenvalue weighted by Gasteiger charge is 2.22. The van der Waals surface area contributed by atoms with E-state index in [4.69, 9.17) is 9.47 Å². The van der Waals surface area contributed by atoms with Crippen molar-refractivity contribution in [1.29, 1.82) is 0 Å². The third-order valence-electron chi connectivity index (χ3n) is 3.26. The number of para-hydroxylation sites is 2. The van der Waals surface area contributed by atoms with Crippen molar-refractivity contribution in [2.24, 2.45) is 5.41 Å². The van der Waals surface area contributed by atoms with Crippen LogP contribution in [0.25, 0.3) is 0 Å². The summed E-state index contributed by atoms with van der Waals surface area (Å²) >= 11 is 0. The first-order valence-electron chi connectivity index (χ1n) is 7.40. The lowest BCUT2D eigenvalue weighted by molar-refractivity contribution is -0.128. The first-order chi connectivity index (χ1) is 10.9. The van der Waals surface area contributed by atoms with Gasteiger partial charge in [0.2, 0.25) is 0 Å². The van der Waals surface area contributed by atoms with E-state index in [9.17, 15) is 9.59 Å². The third-order valence-corrected chi connectivity index (χ3v) is 3.26. The van der Waals surface area contributed by atoms with Gasteiger partial charge in [0.05, 0.1) is 5.56 Å². The topological polar surface area (TPSA) is 52.6 Å². The monoisotopic (exact) mass is 312 g/mol. The van der Waals surface area contributed by atoms with Gasteiger partial charge in [0, 0.05) is 5.41 Å². The molecular weight excluding hydrogens is 292 g/mol. The number of esters is 1. The second-order valence-corrected chi connectivity index (χ2v) is 6.16. The van der Waals surface area contributed by atoms with E-state index in [0.29, 0.717) is 17.1 Å². The zero-order chi connectivity index (χ0) is 16.9. The molecule has 0 bridgehead atoms. The summed E-state index contributed by atoms with van der Waals surface area (Å²) in [4.78, 5) is 24.1. The van der Waals surface area contributed by atoms with Crippen LogP contribution in [-0.4, -0.2) is 18.4 Å². The van der Waals surface area contributed by atoms with E-state index >= 15 is 0 Å². The maximum absolute atomic E-state index is 12.1. The summed E-state index contributed by atoms with van der Waals surface area (Å²) in [6, 6.07) is 15.5. The number of hydrogen-bond donors (Lipinski definition) is 0. The van der Waals surface area contributed by atoms with Gasteiger partial charge in [0.25, 0.3) is 0 Å². The Morgan fingerprint density at radius 2 is 1.43 bits per heavy atom. The Kier molecular flexibility index (Phi) is 5.16. The quantitative estimate of drug-likeness (QED) is 0.620. The molecule has 0 aliphatic heterocycles. The highest BCUT2D eigenvalue weighted by molar-refractivity contribution is 5.91. The number of benzene rings is 2. The lowest BCUT2D eigenvalue weighted by atomic mass is 9.91. The van der Waals surface area contributed by atoms with Crippen molar-refractivity contribution in [3.63, 3.8) is 0 Å². The molecular formula is C19H20O4. The van der Waals surface area contributed by atoms with Crippen molar-refractivity contribution in [3.05, 3.63) is 60.2 Å². The van der Waals surface area contributed by atoms with E-state index in [2.05, 4.69) is 0 Å². The number of rotatable bonds is 5. The van der Waals surface area contributed by atoms with Gasteiger partial charge >= 0.3 is 5.97 Å². The zero-order valence-electron chi connectivity index (χ0n) is 13.5. The maximum Gasteiger partial charge on any atom is 0.343 e. The lowest BCUT2D eigenvalue weighted by Crippen LogP contribution is -2.26. The smallest absolute Gasteiger partial charge is 0.343 e. The largest absolute Gasteiger partial charge is 0.482 e. The summed E-state index contributed by atoms with van der Waals surface area (Å²) in [6.07, 6.45) is 0. The van der Waals surface area contributed by atoms with Crippen LogP contribution in [0.3, 0.4) is 0 Å². The van der Waals surface area contributed by atoms with Crippen molar-refractivity contribution in [2.45, 2.75) is 20.8 Å². The molecule has 23 heavy (non-hydrogen) atoms. The van der Waals surface area contributed by atoms with E-state index in [1.807, 2.05) is 26.8 Å². The van der Waals surface area contributed by atoms with Gasteiger partial charge in [-0.25, -0.2) is 4.79 Å². The molecule has 2 aromatic rings. The normalized spacial score (nSPS) is 10.9. The molecule has 0 radical (unpaired) electrons. The predicted molar refractivity (Wildman–Crippen MR) is 87.8 cm³/mol. The van der Waals surface area contributed by atoms with Crippen molar-refractivity contribution in [2.75, 3.05) is 6.61 Å². The molecule has 4 nitrogen and oxygen atoms in total. The molecule has 120 valence electrons. The van der Waals surface area contributed by atoms with Gasteiger partial charge in [0.15, 0.2) is 17.3 Å². The number of ketones is 1. The fourth-order valence-corrected chi connectivity index (χ4v) is 1.75. The van der Waals surface area contributed by atoms with Gasteiger partial charge in [-0.2, -0.15) is 0 Å². The van der Waals surface area contributed by atoms with Crippen molar-refractivity contribution in [1.82, 2.24) is 0 Å². The van der Waals surface area contributed by atoms with E-state index in [-0.39, 0.29) is 12.4 Å². The first kappa shape index (κ1) is 16.7. The number of carbonyl (C=O) groups is 2. The van der Waals surface area contributed by atoms with E-state index < -0.39 is 11.4 Å². The maximum atomic E-state index is 12.1. The molecule has 0 saturated heterocycles. The van der Waals surface area contributed by atoms with Gasteiger partial charge in [-0.05, 0) is 24.3 Å². The molecule has 0 N–H and O–H groups in total. The van der Waals surface area contributed by atoms with Crippen LogP contribution >= 0.6 is 0 Å². The van der Waals surface area contributed by atoms with E-state index in [0.717, 1.165) is 0 Å². The molecule has 0 aromatic heterocycles. The molecule has 0 amide bonds. The van der Waals surface area contributed by atoms with Gasteiger partial charge in [-0.3, -0.25) is 4.79 Å². The summed E-state index contributed by atoms with van der Waals surface area (Å²) in [6.45, 7) is 5.43. The number of carbonyl (C=O) groups excluding carboxylic acids is 2. The molecule has 0 saturated carbocycles. The lowest BCUT2D eigenvalue weighted by Gasteiger charge is -2.17. The molecule has 4 heteroatoms. The van der Waals surface area contributed by atoms with Gasteiger partial charge < -0.3 is 9.47 Å². The SMILES string of the molecule is CC(C)(C)C(=O)COc1ccccc1OC(=O)c1ccccc1. The summed E-state index contributed by atoms with van der Waals surface area (Å²) < 4.78 is 10.9. The molecule has 2 rings (SSSR count). The van der Waals surface area contributed by atoms with Crippen LogP contribution in [-0.2, 0) is 4.79 Å². The fraction of sp³-hybridized carbons (Fsp3) is 0.263. The van der Waals surface area contributed by atoms with Crippen molar-refractivity contribution in [3.8, 4) is 11.5 Å². The second kappa shape index (κ2) is 7.09. The van der Waals surface area contributed by atoms with Gasteiger partial charge in [-0.1, -0.05) is 51.1 Å². The van der Waals surface area contributed by atoms with Crippen LogP contribution in [0.15, 0.2) is 54.6 Å². The number of ether oxygens (including phenoxy) is 2. The average Bonchev–Trinajstić information content (AvgIpc) is 2.53. The fourth-order valence-electron chi connectivity index (χ4n) is 1.75. The Balaban J connectivity index is 2.09. The molecule has 0 aliphatic carbocycles. The van der Waals surface area contributed by atoms with Crippen molar-refractivity contribution < 1.29 is 19.1 Å². The summed E-state index contributed by atoms with van der Waals surface area (Å²) in [7, 11) is 0. The predicted octanol–water partition coefficient (Wildman–Crippen LogP) is 3.90. The zero-order valence-corrected chi connectivity index (χ0v) is 13.5. The molecule has 2 aromatic carbocycles. The molecule has 0 spiro atoms. The van der Waals surface area contributed by atoms with E-state index in [1.165, 1.54) is 0 Å². The molecule has 0 unspecified atom stereocenters. The summed E-state index contributed by atoms with van der Waals surface area (Å²) in [5.74, 6) is 0.169. The Labute approximate surface area is 136 Å². The standard InChI is InChI=1S/C19H20O4/c1-19(2,3)17(20)13-22-15-11-7-8-12-16(15)23-18(21)14-9-5-4-6-10-14/h4-12H,13H2,1-3H3. The second-order valence-electron chi connectivity index (χ2n) is 6.16. The van der Waals surface area contributed by atoms with Crippen LogP contribution in [0.2, 0.25) is 0 Å². The Morgan fingerprint density at radius 1 is 0.870 bits per heavy atom. The van der Waals surface area contributed by atoms with E-state index in [1.54, 1.807) is 48.5 Å². The molecule has 0 atom stereocenters. The minimum Gasteiger partial charge on any atom is -0.482 e. The van der Waals surface area contributed by atoms with Crippen LogP contribution in [0.5, 0.6) is 11.5 Å². The number of hydrogen-bond acceptors (Lipinski definition) is 4. The van der Waals surface area contributed by atoms with Gasteiger partial charge in [-0.15, -0.1) is 0 Å². The highest BCUT2D eigenvalue weighted by Crippen LogP contribution is 2.28. The first-order valence-corrected chi connectivity index (χ1v) is 7.40. The third kappa shape index (κ3) is 4.68. The van der Waals surface area contributed by atoms with Crippen molar-refractivity contribution >= 4 is 11.8 Å². The highest BCUT2D eigenvalue weighted by atomic mass is 16.6. The summed E-state index contributed by atoms with van der Waals surface area (Å²) in [5.41, 5.74) is -0.0246. The van der Waals surface area contributed by atoms with Gasteiger partial charge in [0.1, 0.15) is 6.61 Å². The van der Waals surface area contributed by atoms with Crippen LogP contribution in [0.1, 0.15) is 31.1 Å². The minimum absolute atomic E-state index is 0.0262. The number of Topliss-reactive ketones (excluding diaryl/α,β-unsaturated/α-hetero) is 1. The molecule has 0 aliphatic rings. The molecule has 0 fully saturated rings. The Bertz CT molecular complexity index is 684. The van der Waals surface area contributed by atoms with Crippen LogP contribution in [0, 0.1) is 5.41 Å². The van der Waals surface area contributed by atoms with Crippen LogP contribution < -0.4 is 9.47 Å². The summed E-state index contributed by atoms with van der Waals surface area (Å²) in [5, 5.41) is 0.